The lowest BCUT2D eigenvalue weighted by molar-refractivity contribution is 0.313. The molecule has 0 aliphatic carbocycles. The van der Waals surface area contributed by atoms with Gasteiger partial charge in [0, 0.05) is 55.7 Å². The molecule has 1 saturated heterocycles. The molecule has 5 aromatic rings. The third-order valence-electron chi connectivity index (χ3n) is 5.94. The van der Waals surface area contributed by atoms with Crippen molar-refractivity contribution in [3.63, 3.8) is 0 Å². The number of aromatic amines is 2. The van der Waals surface area contributed by atoms with E-state index in [1.165, 1.54) is 0 Å². The van der Waals surface area contributed by atoms with Crippen LogP contribution in [0.2, 0.25) is 0 Å². The van der Waals surface area contributed by atoms with E-state index in [1.54, 1.807) is 18.6 Å². The molecule has 4 N–H and O–H groups in total. The zero-order valence-corrected chi connectivity index (χ0v) is 17.6. The predicted molar refractivity (Wildman–Crippen MR) is 124 cm³/mol. The molecule has 0 bridgehead atoms. The second kappa shape index (κ2) is 7.27. The Morgan fingerprint density at radius 2 is 1.91 bits per heavy atom. The van der Waals surface area contributed by atoms with Crippen LogP contribution in [0.3, 0.4) is 0 Å². The highest BCUT2D eigenvalue weighted by atomic mass is 15.3. The average molecular weight is 426 g/mol. The number of nitrogen functional groups attached to an aromatic ring is 1. The second-order valence-electron chi connectivity index (χ2n) is 8.10. The van der Waals surface area contributed by atoms with Crippen molar-refractivity contribution in [2.75, 3.05) is 43.9 Å². The number of aromatic nitrogens is 7. The maximum absolute atomic E-state index is 5.90. The maximum atomic E-state index is 5.90. The summed E-state index contributed by atoms with van der Waals surface area (Å²) < 4.78 is 0. The lowest BCUT2D eigenvalue weighted by Gasteiger charge is -2.34. The van der Waals surface area contributed by atoms with E-state index >= 15 is 0 Å². The second-order valence-corrected chi connectivity index (χ2v) is 8.10. The monoisotopic (exact) mass is 426 g/mol. The smallest absolute Gasteiger partial charge is 0.180 e. The van der Waals surface area contributed by atoms with Gasteiger partial charge in [0.1, 0.15) is 11.2 Å². The Morgan fingerprint density at radius 1 is 1.03 bits per heavy atom. The van der Waals surface area contributed by atoms with E-state index in [2.05, 4.69) is 47.0 Å². The Balaban J connectivity index is 1.44. The van der Waals surface area contributed by atoms with Crippen LogP contribution in [0, 0.1) is 0 Å². The fourth-order valence-corrected chi connectivity index (χ4v) is 4.17. The van der Waals surface area contributed by atoms with Gasteiger partial charge < -0.3 is 20.5 Å². The lowest BCUT2D eigenvalue weighted by Crippen LogP contribution is -2.44. The average Bonchev–Trinajstić information content (AvgIpc) is 3.43. The molecule has 1 aliphatic rings. The molecule has 5 aromatic heterocycles. The third kappa shape index (κ3) is 3.12. The number of likely N-dealkylation sites (N-methyl/N-ethyl adjacent to an activating group) is 1. The number of hydrogen-bond donors (Lipinski definition) is 3. The minimum Gasteiger partial charge on any atom is -0.397 e. The molecular weight excluding hydrogens is 404 g/mol. The molecule has 6 heterocycles. The summed E-state index contributed by atoms with van der Waals surface area (Å²) >= 11 is 0. The number of nitrogens with zero attached hydrogens (tertiary/aromatic N) is 7. The number of imidazole rings is 1. The molecule has 0 saturated carbocycles. The first-order chi connectivity index (χ1) is 15.7. The normalized spacial score (nSPS) is 15.1. The first kappa shape index (κ1) is 18.7. The van der Waals surface area contributed by atoms with Crippen LogP contribution in [-0.4, -0.2) is 73.2 Å². The minimum absolute atomic E-state index is 0.594. The Bertz CT molecular complexity index is 1430. The van der Waals surface area contributed by atoms with Crippen molar-refractivity contribution in [3.05, 3.63) is 43.0 Å². The molecule has 0 atom stereocenters. The number of fused-ring (bicyclic) bond motifs is 2. The summed E-state index contributed by atoms with van der Waals surface area (Å²) in [4.78, 5) is 26.1. The van der Waals surface area contributed by atoms with Crippen LogP contribution in [0.1, 0.15) is 0 Å². The van der Waals surface area contributed by atoms with Crippen molar-refractivity contribution in [1.29, 1.82) is 0 Å². The lowest BCUT2D eigenvalue weighted by atomic mass is 10.1. The standard InChI is InChI=1S/C22H22N10/c1-31-4-6-32(7-5-31)18-2-3-25-21-20(18)27-22(28-21)19-15-9-16(26-12-17(15)29-30-19)13-8-14(23)11-24-10-13/h2-3,8-12H,4-7,23H2,1H3,(H,29,30)(H,25,27,28). The Hall–Kier alpha value is -4.05. The zero-order chi connectivity index (χ0) is 21.7. The summed E-state index contributed by atoms with van der Waals surface area (Å²) in [6, 6.07) is 5.88. The molecule has 6 rings (SSSR count). The first-order valence-corrected chi connectivity index (χ1v) is 10.5. The summed E-state index contributed by atoms with van der Waals surface area (Å²) in [6.45, 7) is 4.00. The number of nitrogens with two attached hydrogens (primary N) is 1. The van der Waals surface area contributed by atoms with Crippen molar-refractivity contribution >= 4 is 33.4 Å². The molecule has 0 unspecified atom stereocenters. The molecule has 0 aromatic carbocycles. The van der Waals surface area contributed by atoms with Crippen molar-refractivity contribution < 1.29 is 0 Å². The van der Waals surface area contributed by atoms with E-state index in [1.807, 2.05) is 24.4 Å². The van der Waals surface area contributed by atoms with Crippen LogP contribution in [0.4, 0.5) is 11.4 Å². The van der Waals surface area contributed by atoms with Crippen LogP contribution in [0.25, 0.3) is 44.8 Å². The topological polar surface area (TPSA) is 129 Å². The van der Waals surface area contributed by atoms with Gasteiger partial charge in [0.15, 0.2) is 11.5 Å². The molecule has 1 fully saturated rings. The van der Waals surface area contributed by atoms with E-state index in [9.17, 15) is 0 Å². The van der Waals surface area contributed by atoms with Crippen molar-refractivity contribution in [1.82, 2.24) is 40.0 Å². The summed E-state index contributed by atoms with van der Waals surface area (Å²) in [5.41, 5.74) is 12.4. The molecule has 0 radical (unpaired) electrons. The molecule has 10 heteroatoms. The highest BCUT2D eigenvalue weighted by molar-refractivity contribution is 5.96. The minimum atomic E-state index is 0.594. The number of piperazine rings is 1. The number of anilines is 2. The van der Waals surface area contributed by atoms with Gasteiger partial charge in [-0.05, 0) is 25.2 Å². The fraction of sp³-hybridized carbons (Fsp3) is 0.227. The summed E-state index contributed by atoms with van der Waals surface area (Å²) in [5.74, 6) is 0.670. The van der Waals surface area contributed by atoms with Crippen LogP contribution in [0.15, 0.2) is 43.0 Å². The number of rotatable bonds is 3. The van der Waals surface area contributed by atoms with Gasteiger partial charge in [-0.2, -0.15) is 5.10 Å². The number of nitrogens with one attached hydrogen (secondary N) is 2. The van der Waals surface area contributed by atoms with Crippen LogP contribution in [-0.2, 0) is 0 Å². The summed E-state index contributed by atoms with van der Waals surface area (Å²) in [5, 5.41) is 8.49. The first-order valence-electron chi connectivity index (χ1n) is 10.5. The molecule has 10 nitrogen and oxygen atoms in total. The largest absolute Gasteiger partial charge is 0.397 e. The van der Waals surface area contributed by atoms with Crippen molar-refractivity contribution in [2.24, 2.45) is 0 Å². The molecule has 160 valence electrons. The van der Waals surface area contributed by atoms with Crippen LogP contribution in [0.5, 0.6) is 0 Å². The van der Waals surface area contributed by atoms with Crippen molar-refractivity contribution in [2.45, 2.75) is 0 Å². The van der Waals surface area contributed by atoms with Crippen LogP contribution < -0.4 is 10.6 Å². The molecule has 32 heavy (non-hydrogen) atoms. The molecule has 1 aliphatic heterocycles. The van der Waals surface area contributed by atoms with E-state index < -0.39 is 0 Å². The third-order valence-corrected chi connectivity index (χ3v) is 5.94. The number of H-pyrrole nitrogens is 2. The highest BCUT2D eigenvalue weighted by Crippen LogP contribution is 2.31. The fourth-order valence-electron chi connectivity index (χ4n) is 4.17. The predicted octanol–water partition coefficient (Wildman–Crippen LogP) is 2.29. The van der Waals surface area contributed by atoms with Crippen molar-refractivity contribution in [3.8, 4) is 22.8 Å². The molecular formula is C22H22N10. The van der Waals surface area contributed by atoms with E-state index in [4.69, 9.17) is 10.7 Å². The quantitative estimate of drug-likeness (QED) is 0.401. The highest BCUT2D eigenvalue weighted by Gasteiger charge is 2.20. The Labute approximate surface area is 183 Å². The SMILES string of the molecule is CN1CCN(c2ccnc3nc(-c4n[nH]c5cnc(-c6cncc(N)c6)cc45)[nH]c23)CC1. The van der Waals surface area contributed by atoms with Gasteiger partial charge in [0.2, 0.25) is 0 Å². The Morgan fingerprint density at radius 3 is 2.75 bits per heavy atom. The van der Waals surface area contributed by atoms with Gasteiger partial charge in [-0.1, -0.05) is 0 Å². The Kier molecular flexibility index (Phi) is 4.25. The van der Waals surface area contributed by atoms with Gasteiger partial charge in [0.05, 0.1) is 28.8 Å². The number of pyridine rings is 3. The van der Waals surface area contributed by atoms with Gasteiger partial charge in [-0.3, -0.25) is 15.1 Å². The molecule has 0 spiro atoms. The maximum Gasteiger partial charge on any atom is 0.180 e. The van der Waals surface area contributed by atoms with Gasteiger partial charge in [-0.25, -0.2) is 9.97 Å². The number of hydrogen-bond acceptors (Lipinski definition) is 8. The summed E-state index contributed by atoms with van der Waals surface area (Å²) in [6.07, 6.45) is 6.95. The van der Waals surface area contributed by atoms with Gasteiger partial charge in [-0.15, -0.1) is 0 Å². The van der Waals surface area contributed by atoms with Crippen LogP contribution >= 0.6 is 0 Å². The summed E-state index contributed by atoms with van der Waals surface area (Å²) in [7, 11) is 2.15. The van der Waals surface area contributed by atoms with E-state index in [-0.39, 0.29) is 0 Å². The van der Waals surface area contributed by atoms with E-state index in [0.29, 0.717) is 17.2 Å². The van der Waals surface area contributed by atoms with E-state index in [0.717, 1.165) is 65.2 Å². The molecule has 0 amide bonds. The van der Waals surface area contributed by atoms with Gasteiger partial charge in [0.25, 0.3) is 0 Å². The zero-order valence-electron chi connectivity index (χ0n) is 17.6. The van der Waals surface area contributed by atoms with Gasteiger partial charge >= 0.3 is 0 Å².